The van der Waals surface area contributed by atoms with Crippen LogP contribution in [0.4, 0.5) is 0 Å². The largest absolute Gasteiger partial charge is 0.380 e. The van der Waals surface area contributed by atoms with E-state index in [1.54, 1.807) is 0 Å². The van der Waals surface area contributed by atoms with Gasteiger partial charge in [0.25, 0.3) is 0 Å². The van der Waals surface area contributed by atoms with Gasteiger partial charge in [-0.05, 0) is 27.2 Å². The van der Waals surface area contributed by atoms with Crippen molar-refractivity contribution >= 4 is 5.91 Å². The molecule has 1 saturated heterocycles. The molecule has 1 amide bonds. The van der Waals surface area contributed by atoms with Crippen LogP contribution in [0.15, 0.2) is 0 Å². The highest BCUT2D eigenvalue weighted by atomic mass is 16.5. The standard InChI is InChI=1S/C12H24N2O2/c1-4-14(5-2)12(15)8-10(3)13-11-6-7-16-9-11/h10-11,13H,4-9H2,1-3H3. The van der Waals surface area contributed by atoms with E-state index in [0.717, 1.165) is 32.7 Å². The summed E-state index contributed by atoms with van der Waals surface area (Å²) < 4.78 is 5.29. The fourth-order valence-electron chi connectivity index (χ4n) is 2.09. The molecule has 2 atom stereocenters. The molecule has 0 bridgehead atoms. The second kappa shape index (κ2) is 6.86. The highest BCUT2D eigenvalue weighted by Crippen LogP contribution is 2.06. The minimum absolute atomic E-state index is 0.236. The SMILES string of the molecule is CCN(CC)C(=O)CC(C)NC1CCOC1. The van der Waals surface area contributed by atoms with Gasteiger partial charge in [-0.2, -0.15) is 0 Å². The normalized spacial score (nSPS) is 22.1. The molecule has 0 aliphatic carbocycles. The third-order valence-corrected chi connectivity index (χ3v) is 3.05. The smallest absolute Gasteiger partial charge is 0.224 e. The number of nitrogens with zero attached hydrogens (tertiary/aromatic N) is 1. The molecule has 0 aromatic carbocycles. The van der Waals surface area contributed by atoms with Crippen molar-refractivity contribution in [2.75, 3.05) is 26.3 Å². The average molecular weight is 228 g/mol. The third kappa shape index (κ3) is 4.10. The van der Waals surface area contributed by atoms with Crippen molar-refractivity contribution in [1.29, 1.82) is 0 Å². The Balaban J connectivity index is 2.26. The number of hydrogen-bond acceptors (Lipinski definition) is 3. The highest BCUT2D eigenvalue weighted by Gasteiger charge is 2.20. The van der Waals surface area contributed by atoms with Crippen LogP contribution < -0.4 is 5.32 Å². The maximum atomic E-state index is 11.8. The Bertz CT molecular complexity index is 211. The zero-order chi connectivity index (χ0) is 12.0. The van der Waals surface area contributed by atoms with Gasteiger partial charge in [-0.25, -0.2) is 0 Å². The molecule has 94 valence electrons. The average Bonchev–Trinajstić information content (AvgIpc) is 2.71. The van der Waals surface area contributed by atoms with Crippen LogP contribution in [-0.2, 0) is 9.53 Å². The van der Waals surface area contributed by atoms with Gasteiger partial charge in [0.05, 0.1) is 6.61 Å². The first-order chi connectivity index (χ1) is 7.67. The number of carbonyl (C=O) groups is 1. The molecule has 0 aromatic rings. The van der Waals surface area contributed by atoms with E-state index in [4.69, 9.17) is 4.74 Å². The predicted molar refractivity (Wildman–Crippen MR) is 64.4 cm³/mol. The van der Waals surface area contributed by atoms with Gasteiger partial charge in [-0.3, -0.25) is 4.79 Å². The molecule has 1 N–H and O–H groups in total. The number of nitrogens with one attached hydrogen (secondary N) is 1. The van der Waals surface area contributed by atoms with E-state index in [1.165, 1.54) is 0 Å². The zero-order valence-corrected chi connectivity index (χ0v) is 10.7. The molecule has 0 radical (unpaired) electrons. The van der Waals surface area contributed by atoms with E-state index in [-0.39, 0.29) is 11.9 Å². The monoisotopic (exact) mass is 228 g/mol. The van der Waals surface area contributed by atoms with Crippen molar-refractivity contribution in [2.24, 2.45) is 0 Å². The van der Waals surface area contributed by atoms with Crippen molar-refractivity contribution < 1.29 is 9.53 Å². The van der Waals surface area contributed by atoms with E-state index < -0.39 is 0 Å². The molecule has 1 aliphatic rings. The van der Waals surface area contributed by atoms with Gasteiger partial charge < -0.3 is 15.0 Å². The first-order valence-corrected chi connectivity index (χ1v) is 6.28. The maximum absolute atomic E-state index is 11.8. The Morgan fingerprint density at radius 3 is 2.69 bits per heavy atom. The summed E-state index contributed by atoms with van der Waals surface area (Å²) in [6.45, 7) is 9.33. The molecular formula is C12H24N2O2. The minimum Gasteiger partial charge on any atom is -0.380 e. The van der Waals surface area contributed by atoms with Gasteiger partial charge >= 0.3 is 0 Å². The molecule has 1 aliphatic heterocycles. The summed E-state index contributed by atoms with van der Waals surface area (Å²) in [6.07, 6.45) is 1.64. The van der Waals surface area contributed by atoms with Crippen molar-refractivity contribution in [3.8, 4) is 0 Å². The fraction of sp³-hybridized carbons (Fsp3) is 0.917. The Morgan fingerprint density at radius 2 is 2.19 bits per heavy atom. The molecule has 0 spiro atoms. The molecule has 0 aromatic heterocycles. The van der Waals surface area contributed by atoms with Crippen LogP contribution >= 0.6 is 0 Å². The summed E-state index contributed by atoms with van der Waals surface area (Å²) in [6, 6.07) is 0.666. The van der Waals surface area contributed by atoms with Crippen LogP contribution in [-0.4, -0.2) is 49.2 Å². The molecule has 16 heavy (non-hydrogen) atoms. The van der Waals surface area contributed by atoms with Crippen LogP contribution in [0.1, 0.15) is 33.6 Å². The van der Waals surface area contributed by atoms with E-state index in [1.807, 2.05) is 18.7 Å². The Hall–Kier alpha value is -0.610. The van der Waals surface area contributed by atoms with Crippen LogP contribution in [0, 0.1) is 0 Å². The van der Waals surface area contributed by atoms with E-state index >= 15 is 0 Å². The summed E-state index contributed by atoms with van der Waals surface area (Å²) in [4.78, 5) is 13.7. The van der Waals surface area contributed by atoms with Gasteiger partial charge in [0.1, 0.15) is 0 Å². The Kier molecular flexibility index (Phi) is 5.77. The van der Waals surface area contributed by atoms with Crippen LogP contribution in [0.25, 0.3) is 0 Å². The van der Waals surface area contributed by atoms with Crippen LogP contribution in [0.2, 0.25) is 0 Å². The number of ether oxygens (including phenoxy) is 1. The number of rotatable bonds is 6. The number of carbonyl (C=O) groups excluding carboxylic acids is 1. The first-order valence-electron chi connectivity index (χ1n) is 6.28. The second-order valence-electron chi connectivity index (χ2n) is 4.40. The maximum Gasteiger partial charge on any atom is 0.224 e. The molecule has 1 heterocycles. The summed E-state index contributed by atoms with van der Waals surface area (Å²) in [7, 11) is 0. The lowest BCUT2D eigenvalue weighted by molar-refractivity contribution is -0.131. The summed E-state index contributed by atoms with van der Waals surface area (Å²) >= 11 is 0. The predicted octanol–water partition coefficient (Wildman–Crippen LogP) is 1.01. The van der Waals surface area contributed by atoms with Crippen molar-refractivity contribution in [3.63, 3.8) is 0 Å². The minimum atomic E-state index is 0.236. The third-order valence-electron chi connectivity index (χ3n) is 3.05. The lowest BCUT2D eigenvalue weighted by Crippen LogP contribution is -2.41. The molecule has 1 rings (SSSR count). The molecule has 2 unspecified atom stereocenters. The van der Waals surface area contributed by atoms with Gasteiger partial charge in [0.15, 0.2) is 0 Å². The summed E-state index contributed by atoms with van der Waals surface area (Å²) in [5.74, 6) is 0.240. The van der Waals surface area contributed by atoms with Crippen LogP contribution in [0.3, 0.4) is 0 Å². The fourth-order valence-corrected chi connectivity index (χ4v) is 2.09. The van der Waals surface area contributed by atoms with Crippen molar-refractivity contribution in [1.82, 2.24) is 10.2 Å². The number of hydrogen-bond donors (Lipinski definition) is 1. The quantitative estimate of drug-likeness (QED) is 0.738. The summed E-state index contributed by atoms with van der Waals surface area (Å²) in [5.41, 5.74) is 0. The van der Waals surface area contributed by atoms with Crippen LogP contribution in [0.5, 0.6) is 0 Å². The lowest BCUT2D eigenvalue weighted by Gasteiger charge is -2.23. The topological polar surface area (TPSA) is 41.6 Å². The molecule has 4 nitrogen and oxygen atoms in total. The van der Waals surface area contributed by atoms with Gasteiger partial charge in [-0.1, -0.05) is 0 Å². The molecular weight excluding hydrogens is 204 g/mol. The van der Waals surface area contributed by atoms with Crippen molar-refractivity contribution in [3.05, 3.63) is 0 Å². The van der Waals surface area contributed by atoms with E-state index in [9.17, 15) is 4.79 Å². The van der Waals surface area contributed by atoms with E-state index in [0.29, 0.717) is 12.5 Å². The Labute approximate surface area is 98.3 Å². The molecule has 4 heteroatoms. The van der Waals surface area contributed by atoms with Crippen molar-refractivity contribution in [2.45, 2.75) is 45.7 Å². The summed E-state index contributed by atoms with van der Waals surface area (Å²) in [5, 5.41) is 3.44. The lowest BCUT2D eigenvalue weighted by atomic mass is 10.1. The van der Waals surface area contributed by atoms with E-state index in [2.05, 4.69) is 12.2 Å². The molecule has 0 saturated carbocycles. The second-order valence-corrected chi connectivity index (χ2v) is 4.40. The molecule has 1 fully saturated rings. The zero-order valence-electron chi connectivity index (χ0n) is 10.7. The number of amides is 1. The van der Waals surface area contributed by atoms with Gasteiger partial charge in [0, 0.05) is 38.2 Å². The Morgan fingerprint density at radius 1 is 1.50 bits per heavy atom. The first kappa shape index (κ1) is 13.5. The highest BCUT2D eigenvalue weighted by molar-refractivity contribution is 5.76. The van der Waals surface area contributed by atoms with Gasteiger partial charge in [-0.15, -0.1) is 0 Å². The van der Waals surface area contributed by atoms with Gasteiger partial charge in [0.2, 0.25) is 5.91 Å².